The van der Waals surface area contributed by atoms with Gasteiger partial charge in [0.25, 0.3) is 0 Å². The molecule has 2 saturated carbocycles. The van der Waals surface area contributed by atoms with Crippen molar-refractivity contribution in [2.75, 3.05) is 0 Å². The minimum Gasteiger partial charge on any atom is -0.393 e. The van der Waals surface area contributed by atoms with Gasteiger partial charge in [0.15, 0.2) is 0 Å². The van der Waals surface area contributed by atoms with Gasteiger partial charge in [-0.15, -0.1) is 0 Å². The molecule has 0 saturated heterocycles. The maximum Gasteiger partial charge on any atom is 0.0594 e. The molecule has 0 bridgehead atoms. The average Bonchev–Trinajstić information content (AvgIpc) is 2.37. The van der Waals surface area contributed by atoms with Gasteiger partial charge in [0.2, 0.25) is 0 Å². The molecule has 1 N–H and O–H groups in total. The Bertz CT molecular complexity index is 427. The molecular weight excluding hydrogens is 256 g/mol. The summed E-state index contributed by atoms with van der Waals surface area (Å²) in [5, 5.41) is 10.5. The van der Waals surface area contributed by atoms with Crippen molar-refractivity contribution in [3.05, 3.63) is 23.8 Å². The van der Waals surface area contributed by atoms with Crippen LogP contribution in [0.3, 0.4) is 0 Å². The van der Waals surface area contributed by atoms with Gasteiger partial charge in [0.05, 0.1) is 6.10 Å². The van der Waals surface area contributed by atoms with E-state index in [4.69, 9.17) is 0 Å². The Balaban J connectivity index is 2.23. The van der Waals surface area contributed by atoms with Gasteiger partial charge < -0.3 is 5.11 Å². The van der Waals surface area contributed by atoms with Crippen LogP contribution in [0, 0.1) is 22.7 Å². The zero-order valence-corrected chi connectivity index (χ0v) is 14.7. The molecule has 0 aromatic rings. The zero-order valence-electron chi connectivity index (χ0n) is 14.7. The van der Waals surface area contributed by atoms with Crippen molar-refractivity contribution < 1.29 is 5.11 Å². The third-order valence-electron chi connectivity index (χ3n) is 6.56. The largest absolute Gasteiger partial charge is 0.393 e. The summed E-state index contributed by atoms with van der Waals surface area (Å²) in [6.07, 6.45) is 9.07. The number of allylic oxidation sites excluding steroid dienone is 3. The Morgan fingerprint density at radius 1 is 1.29 bits per heavy atom. The molecule has 2 rings (SSSR count). The van der Waals surface area contributed by atoms with Gasteiger partial charge in [-0.2, -0.15) is 0 Å². The zero-order chi connectivity index (χ0) is 15.8. The van der Waals surface area contributed by atoms with Gasteiger partial charge in [0.1, 0.15) is 0 Å². The highest BCUT2D eigenvalue weighted by Gasteiger charge is 2.55. The maximum atomic E-state index is 10.5. The summed E-state index contributed by atoms with van der Waals surface area (Å²) in [5.74, 6) is 1.24. The van der Waals surface area contributed by atoms with E-state index in [0.717, 1.165) is 25.7 Å². The number of rotatable bonds is 3. The first-order chi connectivity index (χ1) is 9.69. The summed E-state index contributed by atoms with van der Waals surface area (Å²) in [6.45, 7) is 15.8. The topological polar surface area (TPSA) is 20.2 Å². The minimum atomic E-state index is -0.139. The van der Waals surface area contributed by atoms with E-state index in [1.54, 1.807) is 0 Å². The summed E-state index contributed by atoms with van der Waals surface area (Å²) >= 11 is 0. The predicted molar refractivity (Wildman–Crippen MR) is 91.1 cm³/mol. The third-order valence-corrected chi connectivity index (χ3v) is 6.56. The standard InChI is InChI=1S/C20H34O/c1-14(2)8-7-9-16-15(3)10-11-17-19(4,5)18(21)12-13-20(16,17)6/h8,16-18,21H,3,7,9-13H2,1-2,4-6H3/t16-,17-,18-,20+/m0/s1. The van der Waals surface area contributed by atoms with Crippen molar-refractivity contribution in [1.82, 2.24) is 0 Å². The lowest BCUT2D eigenvalue weighted by atomic mass is 9.46. The fourth-order valence-electron chi connectivity index (χ4n) is 5.24. The second-order valence-corrected chi connectivity index (χ2v) is 8.54. The molecule has 4 atom stereocenters. The molecule has 0 aliphatic heterocycles. The van der Waals surface area contributed by atoms with Crippen LogP contribution in [0.15, 0.2) is 23.8 Å². The summed E-state index contributed by atoms with van der Waals surface area (Å²) in [6, 6.07) is 0. The maximum absolute atomic E-state index is 10.5. The van der Waals surface area contributed by atoms with Crippen molar-refractivity contribution >= 4 is 0 Å². The van der Waals surface area contributed by atoms with E-state index in [1.807, 2.05) is 0 Å². The van der Waals surface area contributed by atoms with Gasteiger partial charge in [-0.1, -0.05) is 44.6 Å². The van der Waals surface area contributed by atoms with E-state index in [9.17, 15) is 5.11 Å². The number of fused-ring (bicyclic) bond motifs is 1. The van der Waals surface area contributed by atoms with Crippen LogP contribution in [-0.4, -0.2) is 11.2 Å². The molecule has 21 heavy (non-hydrogen) atoms. The first-order valence-corrected chi connectivity index (χ1v) is 8.68. The minimum absolute atomic E-state index is 0.0441. The molecule has 0 amide bonds. The molecule has 120 valence electrons. The Labute approximate surface area is 131 Å². The SMILES string of the molecule is C=C1CC[C@H]2C(C)(C)[C@@H](O)CC[C@]2(C)[C@H]1CCC=C(C)C. The van der Waals surface area contributed by atoms with Crippen LogP contribution in [0.4, 0.5) is 0 Å². The molecule has 0 radical (unpaired) electrons. The molecule has 2 fully saturated rings. The van der Waals surface area contributed by atoms with Gasteiger partial charge >= 0.3 is 0 Å². The van der Waals surface area contributed by atoms with Crippen molar-refractivity contribution in [3.63, 3.8) is 0 Å². The molecule has 0 aromatic heterocycles. The fourth-order valence-corrected chi connectivity index (χ4v) is 5.24. The average molecular weight is 290 g/mol. The van der Waals surface area contributed by atoms with Gasteiger partial charge in [-0.3, -0.25) is 0 Å². The lowest BCUT2D eigenvalue weighted by molar-refractivity contribution is -0.124. The molecule has 0 spiro atoms. The van der Waals surface area contributed by atoms with E-state index in [1.165, 1.54) is 24.0 Å². The van der Waals surface area contributed by atoms with E-state index in [-0.39, 0.29) is 11.5 Å². The van der Waals surface area contributed by atoms with Crippen LogP contribution < -0.4 is 0 Å². The van der Waals surface area contributed by atoms with Crippen molar-refractivity contribution in [2.24, 2.45) is 22.7 Å². The monoisotopic (exact) mass is 290 g/mol. The van der Waals surface area contributed by atoms with Gasteiger partial charge in [0, 0.05) is 0 Å². The number of aliphatic hydroxyl groups excluding tert-OH is 1. The van der Waals surface area contributed by atoms with Gasteiger partial charge in [-0.05, 0) is 75.0 Å². The van der Waals surface area contributed by atoms with E-state index in [0.29, 0.717) is 17.3 Å². The Morgan fingerprint density at radius 2 is 1.95 bits per heavy atom. The summed E-state index contributed by atoms with van der Waals surface area (Å²) in [5.41, 5.74) is 3.25. The highest BCUT2D eigenvalue weighted by molar-refractivity contribution is 5.17. The molecule has 0 heterocycles. The van der Waals surface area contributed by atoms with Crippen molar-refractivity contribution in [3.8, 4) is 0 Å². The molecule has 2 aliphatic carbocycles. The van der Waals surface area contributed by atoms with Crippen LogP contribution in [0.5, 0.6) is 0 Å². The van der Waals surface area contributed by atoms with Crippen LogP contribution in [0.1, 0.15) is 73.1 Å². The second kappa shape index (κ2) is 5.91. The summed E-state index contributed by atoms with van der Waals surface area (Å²) in [4.78, 5) is 0. The van der Waals surface area contributed by atoms with E-state index >= 15 is 0 Å². The molecule has 0 unspecified atom stereocenters. The second-order valence-electron chi connectivity index (χ2n) is 8.54. The van der Waals surface area contributed by atoms with Crippen LogP contribution in [0.25, 0.3) is 0 Å². The smallest absolute Gasteiger partial charge is 0.0594 e. The lowest BCUT2D eigenvalue weighted by Gasteiger charge is -2.59. The van der Waals surface area contributed by atoms with Crippen molar-refractivity contribution in [2.45, 2.75) is 79.2 Å². The highest BCUT2D eigenvalue weighted by atomic mass is 16.3. The third kappa shape index (κ3) is 2.99. The Morgan fingerprint density at radius 3 is 2.57 bits per heavy atom. The normalized spacial score (nSPS) is 38.8. The van der Waals surface area contributed by atoms with Crippen molar-refractivity contribution in [1.29, 1.82) is 0 Å². The summed E-state index contributed by atoms with van der Waals surface area (Å²) < 4.78 is 0. The van der Waals surface area contributed by atoms with Gasteiger partial charge in [-0.25, -0.2) is 0 Å². The van der Waals surface area contributed by atoms with Crippen LogP contribution in [0.2, 0.25) is 0 Å². The molecule has 1 heteroatoms. The Kier molecular flexibility index (Phi) is 4.73. The quantitative estimate of drug-likeness (QED) is 0.680. The van der Waals surface area contributed by atoms with E-state index in [2.05, 4.69) is 47.3 Å². The van der Waals surface area contributed by atoms with E-state index < -0.39 is 0 Å². The fraction of sp³-hybridized carbons (Fsp3) is 0.800. The summed E-state index contributed by atoms with van der Waals surface area (Å²) in [7, 11) is 0. The molecular formula is C20H34O. The Hall–Kier alpha value is -0.560. The molecule has 2 aliphatic rings. The van der Waals surface area contributed by atoms with Crippen LogP contribution in [-0.2, 0) is 0 Å². The molecule has 0 aromatic carbocycles. The first kappa shape index (κ1) is 16.8. The lowest BCUT2D eigenvalue weighted by Crippen LogP contribution is -2.54. The highest BCUT2D eigenvalue weighted by Crippen LogP contribution is 2.61. The van der Waals surface area contributed by atoms with Crippen LogP contribution >= 0.6 is 0 Å². The first-order valence-electron chi connectivity index (χ1n) is 8.68. The molecule has 1 nitrogen and oxygen atoms in total. The number of hydrogen-bond donors (Lipinski definition) is 1. The predicted octanol–water partition coefficient (Wildman–Crippen LogP) is 5.50. The number of hydrogen-bond acceptors (Lipinski definition) is 1. The number of aliphatic hydroxyl groups is 1.